The molecule has 0 bridgehead atoms. The molecule has 3 aromatic rings. The summed E-state index contributed by atoms with van der Waals surface area (Å²) in [6, 6.07) is 8.23. The van der Waals surface area contributed by atoms with Gasteiger partial charge in [0, 0.05) is 29.2 Å². The lowest BCUT2D eigenvalue weighted by molar-refractivity contribution is -0.115. The number of rotatable bonds is 3. The largest absolute Gasteiger partial charge is 0.366 e. The van der Waals surface area contributed by atoms with Crippen LogP contribution in [0.3, 0.4) is 0 Å². The summed E-state index contributed by atoms with van der Waals surface area (Å²) in [6.45, 7) is 1.76. The Hall–Kier alpha value is -2.90. The number of fused-ring (bicyclic) bond motifs is 1. The quantitative estimate of drug-likeness (QED) is 0.701. The average Bonchev–Trinajstić information content (AvgIpc) is 3.07. The van der Waals surface area contributed by atoms with E-state index in [4.69, 9.17) is 28.9 Å². The summed E-state index contributed by atoms with van der Waals surface area (Å²) in [5, 5.41) is 8.38. The molecule has 0 spiro atoms. The highest BCUT2D eigenvalue weighted by atomic mass is 35.5. The fourth-order valence-corrected chi connectivity index (χ4v) is 3.52. The van der Waals surface area contributed by atoms with Gasteiger partial charge < -0.3 is 11.1 Å². The van der Waals surface area contributed by atoms with E-state index in [-0.39, 0.29) is 0 Å². The lowest BCUT2D eigenvalue weighted by Crippen LogP contribution is -2.32. The van der Waals surface area contributed by atoms with E-state index in [0.717, 1.165) is 5.56 Å². The van der Waals surface area contributed by atoms with Gasteiger partial charge in [-0.1, -0.05) is 35.3 Å². The number of carbonyl (C=O) groups excluding carboxylic acids is 1. The number of hydrogen-bond donors (Lipinski definition) is 2. The summed E-state index contributed by atoms with van der Waals surface area (Å²) >= 11 is 12.6. The monoisotopic (exact) mass is 400 g/mol. The van der Waals surface area contributed by atoms with Gasteiger partial charge in [-0.05, 0) is 25.1 Å². The Labute approximate surface area is 164 Å². The minimum atomic E-state index is -0.650. The van der Waals surface area contributed by atoms with Crippen LogP contribution in [0.5, 0.6) is 0 Å². The molecule has 1 aliphatic heterocycles. The van der Waals surface area contributed by atoms with Gasteiger partial charge in [0.2, 0.25) is 11.9 Å². The number of anilines is 1. The van der Waals surface area contributed by atoms with Crippen LogP contribution in [-0.2, 0) is 4.79 Å². The van der Waals surface area contributed by atoms with Crippen LogP contribution in [0.25, 0.3) is 11.4 Å². The van der Waals surface area contributed by atoms with Gasteiger partial charge in [0.25, 0.3) is 0 Å². The second-order valence-corrected chi connectivity index (χ2v) is 6.80. The van der Waals surface area contributed by atoms with Gasteiger partial charge in [-0.25, -0.2) is 4.68 Å². The third-order valence-corrected chi connectivity index (χ3v) is 5.15. The topological polar surface area (TPSA) is 98.7 Å². The van der Waals surface area contributed by atoms with Crippen LogP contribution in [0.1, 0.15) is 18.5 Å². The van der Waals surface area contributed by atoms with Crippen molar-refractivity contribution in [1.82, 2.24) is 19.7 Å². The molecule has 1 aliphatic rings. The van der Waals surface area contributed by atoms with Gasteiger partial charge >= 0.3 is 0 Å². The molecule has 7 nitrogen and oxygen atoms in total. The summed E-state index contributed by atoms with van der Waals surface area (Å²) < 4.78 is 1.59. The summed E-state index contributed by atoms with van der Waals surface area (Å²) in [5.74, 6) is 0.356. The van der Waals surface area contributed by atoms with Gasteiger partial charge in [-0.15, -0.1) is 5.10 Å². The Kier molecular flexibility index (Phi) is 4.33. The van der Waals surface area contributed by atoms with Crippen molar-refractivity contribution in [3.63, 3.8) is 0 Å². The Bertz CT molecular complexity index is 1080. The van der Waals surface area contributed by atoms with Crippen molar-refractivity contribution >= 4 is 35.1 Å². The Morgan fingerprint density at radius 3 is 2.78 bits per heavy atom. The number of halogens is 2. The van der Waals surface area contributed by atoms with Crippen molar-refractivity contribution in [2.45, 2.75) is 13.0 Å². The molecule has 1 atom stereocenters. The molecule has 1 amide bonds. The average molecular weight is 401 g/mol. The minimum Gasteiger partial charge on any atom is -0.366 e. The molecule has 136 valence electrons. The van der Waals surface area contributed by atoms with Gasteiger partial charge in [-0.2, -0.15) is 4.98 Å². The Morgan fingerprint density at radius 1 is 1.26 bits per heavy atom. The maximum Gasteiger partial charge on any atom is 0.248 e. The van der Waals surface area contributed by atoms with Crippen molar-refractivity contribution in [2.75, 3.05) is 5.32 Å². The number of benzene rings is 1. The predicted molar refractivity (Wildman–Crippen MR) is 103 cm³/mol. The molecular weight excluding hydrogens is 387 g/mol. The number of nitrogens with one attached hydrogen (secondary N) is 1. The molecular formula is C18H14Cl2N6O. The van der Waals surface area contributed by atoms with Crippen LogP contribution >= 0.6 is 23.2 Å². The van der Waals surface area contributed by atoms with Crippen molar-refractivity contribution in [3.05, 3.63) is 69.6 Å². The molecule has 0 aliphatic carbocycles. The van der Waals surface area contributed by atoms with Crippen molar-refractivity contribution < 1.29 is 4.79 Å². The Balaban J connectivity index is 1.94. The van der Waals surface area contributed by atoms with E-state index in [9.17, 15) is 4.79 Å². The normalized spacial score (nSPS) is 16.0. The fraction of sp³-hybridized carbons (Fsp3) is 0.111. The summed E-state index contributed by atoms with van der Waals surface area (Å²) in [7, 11) is 0. The first-order valence-corrected chi connectivity index (χ1v) is 8.81. The van der Waals surface area contributed by atoms with Crippen LogP contribution < -0.4 is 11.1 Å². The van der Waals surface area contributed by atoms with Crippen LogP contribution in [0.4, 0.5) is 5.95 Å². The summed E-state index contributed by atoms with van der Waals surface area (Å²) in [6.07, 6.45) is 3.33. The minimum absolute atomic E-state index is 0.335. The number of pyridine rings is 1. The predicted octanol–water partition coefficient (Wildman–Crippen LogP) is 3.42. The van der Waals surface area contributed by atoms with Crippen LogP contribution in [0.15, 0.2) is 54.0 Å². The molecule has 4 rings (SSSR count). The summed E-state index contributed by atoms with van der Waals surface area (Å²) in [5.41, 5.74) is 7.95. The van der Waals surface area contributed by atoms with Crippen molar-refractivity contribution in [1.29, 1.82) is 0 Å². The lowest BCUT2D eigenvalue weighted by Gasteiger charge is -2.28. The number of nitrogens with zero attached hydrogens (tertiary/aromatic N) is 4. The molecule has 0 fully saturated rings. The van der Waals surface area contributed by atoms with Crippen LogP contribution in [0.2, 0.25) is 10.0 Å². The highest BCUT2D eigenvalue weighted by Gasteiger charge is 2.34. The van der Waals surface area contributed by atoms with Crippen molar-refractivity contribution in [3.8, 4) is 11.4 Å². The van der Waals surface area contributed by atoms with E-state index >= 15 is 0 Å². The molecule has 1 unspecified atom stereocenters. The van der Waals surface area contributed by atoms with E-state index in [1.165, 1.54) is 0 Å². The lowest BCUT2D eigenvalue weighted by atomic mass is 9.95. The van der Waals surface area contributed by atoms with Crippen LogP contribution in [-0.4, -0.2) is 25.7 Å². The number of aromatic nitrogens is 4. The second kappa shape index (κ2) is 6.68. The highest BCUT2D eigenvalue weighted by Crippen LogP contribution is 2.40. The fourth-order valence-electron chi connectivity index (χ4n) is 3.11. The number of nitrogens with two attached hydrogens (primary N) is 1. The number of allylic oxidation sites excluding steroid dienone is 1. The maximum absolute atomic E-state index is 12.2. The molecule has 0 saturated carbocycles. The zero-order chi connectivity index (χ0) is 19.1. The number of hydrogen-bond acceptors (Lipinski definition) is 5. The first kappa shape index (κ1) is 17.5. The number of amides is 1. The van der Waals surface area contributed by atoms with E-state index < -0.39 is 11.9 Å². The highest BCUT2D eigenvalue weighted by molar-refractivity contribution is 6.42. The molecule has 9 heteroatoms. The molecule has 0 radical (unpaired) electrons. The molecule has 2 aromatic heterocycles. The van der Waals surface area contributed by atoms with Crippen LogP contribution in [0, 0.1) is 0 Å². The molecule has 3 heterocycles. The standard InChI is InChI=1S/C18H14Cl2N6O/c1-9-13(16(21)27)15(11-5-2-6-12(19)14(11)20)26-18(23-9)24-17(25-26)10-4-3-7-22-8-10/h2-8,15H,1H3,(H2,21,27)(H,23,24,25). The van der Waals surface area contributed by atoms with E-state index in [1.807, 2.05) is 6.07 Å². The van der Waals surface area contributed by atoms with Gasteiger partial charge in [0.1, 0.15) is 6.04 Å². The third-order valence-electron chi connectivity index (χ3n) is 4.31. The number of primary amides is 1. The van der Waals surface area contributed by atoms with Gasteiger partial charge in [-0.3, -0.25) is 9.78 Å². The number of carbonyl (C=O) groups is 1. The van der Waals surface area contributed by atoms with E-state index in [0.29, 0.717) is 38.7 Å². The smallest absolute Gasteiger partial charge is 0.248 e. The maximum atomic E-state index is 12.2. The third kappa shape index (κ3) is 2.94. The van der Waals surface area contributed by atoms with Gasteiger partial charge in [0.05, 0.1) is 15.6 Å². The molecule has 0 saturated heterocycles. The zero-order valence-electron chi connectivity index (χ0n) is 14.1. The molecule has 27 heavy (non-hydrogen) atoms. The first-order chi connectivity index (χ1) is 13.0. The molecule has 3 N–H and O–H groups in total. The summed E-state index contributed by atoms with van der Waals surface area (Å²) in [4.78, 5) is 20.8. The van der Waals surface area contributed by atoms with E-state index in [2.05, 4.69) is 20.4 Å². The SMILES string of the molecule is CC1=C(C(N)=O)C(c2cccc(Cl)c2Cl)n2nc(-c3cccnc3)nc2N1. The first-order valence-electron chi connectivity index (χ1n) is 8.06. The molecule has 1 aromatic carbocycles. The van der Waals surface area contributed by atoms with Gasteiger partial charge in [0.15, 0.2) is 5.82 Å². The van der Waals surface area contributed by atoms with Crippen molar-refractivity contribution in [2.24, 2.45) is 5.73 Å². The Morgan fingerprint density at radius 2 is 2.07 bits per heavy atom. The second-order valence-electron chi connectivity index (χ2n) is 6.02. The zero-order valence-corrected chi connectivity index (χ0v) is 15.7. The van der Waals surface area contributed by atoms with E-state index in [1.54, 1.807) is 48.3 Å².